The lowest BCUT2D eigenvalue weighted by Crippen LogP contribution is -2.45. The standard InChI is InChI=1S/C13H23N3O2/c1-5-13(6-2,10-14)12(18)15-9-11(17)16(7-3)8-4/h5-9H2,1-4H3,(H,15,18). The van der Waals surface area contributed by atoms with Crippen molar-refractivity contribution in [2.45, 2.75) is 40.5 Å². The molecule has 0 aliphatic carbocycles. The van der Waals surface area contributed by atoms with Crippen LogP contribution in [-0.2, 0) is 9.59 Å². The fourth-order valence-corrected chi connectivity index (χ4v) is 1.79. The van der Waals surface area contributed by atoms with Gasteiger partial charge in [0.05, 0.1) is 12.6 Å². The molecule has 2 amide bonds. The van der Waals surface area contributed by atoms with Crippen LogP contribution in [0.3, 0.4) is 0 Å². The summed E-state index contributed by atoms with van der Waals surface area (Å²) in [5.74, 6) is -0.470. The fourth-order valence-electron chi connectivity index (χ4n) is 1.79. The van der Waals surface area contributed by atoms with E-state index in [1.54, 1.807) is 18.7 Å². The van der Waals surface area contributed by atoms with Gasteiger partial charge in [0.1, 0.15) is 5.41 Å². The summed E-state index contributed by atoms with van der Waals surface area (Å²) >= 11 is 0. The van der Waals surface area contributed by atoms with Crippen LogP contribution in [0.4, 0.5) is 0 Å². The van der Waals surface area contributed by atoms with Crippen molar-refractivity contribution in [1.82, 2.24) is 10.2 Å². The molecule has 0 bridgehead atoms. The second kappa shape index (κ2) is 7.70. The van der Waals surface area contributed by atoms with Crippen molar-refractivity contribution in [3.8, 4) is 6.07 Å². The van der Waals surface area contributed by atoms with Gasteiger partial charge in [-0.05, 0) is 26.7 Å². The third kappa shape index (κ3) is 3.73. The molecule has 0 spiro atoms. The van der Waals surface area contributed by atoms with E-state index in [1.807, 2.05) is 13.8 Å². The molecular formula is C13H23N3O2. The van der Waals surface area contributed by atoms with Crippen molar-refractivity contribution in [1.29, 1.82) is 5.26 Å². The number of nitrogens with one attached hydrogen (secondary N) is 1. The lowest BCUT2D eigenvalue weighted by atomic mass is 9.83. The average Bonchev–Trinajstić information content (AvgIpc) is 2.40. The van der Waals surface area contributed by atoms with Crippen LogP contribution in [0.25, 0.3) is 0 Å². The first-order valence-electron chi connectivity index (χ1n) is 6.48. The molecular weight excluding hydrogens is 230 g/mol. The molecule has 5 heteroatoms. The molecule has 0 aromatic carbocycles. The van der Waals surface area contributed by atoms with E-state index in [4.69, 9.17) is 5.26 Å². The normalized spacial score (nSPS) is 10.6. The highest BCUT2D eigenvalue weighted by atomic mass is 16.2. The van der Waals surface area contributed by atoms with Crippen molar-refractivity contribution < 1.29 is 9.59 Å². The Labute approximate surface area is 109 Å². The highest BCUT2D eigenvalue weighted by Gasteiger charge is 2.35. The molecule has 0 radical (unpaired) electrons. The Hall–Kier alpha value is -1.57. The van der Waals surface area contributed by atoms with Crippen LogP contribution >= 0.6 is 0 Å². The van der Waals surface area contributed by atoms with Gasteiger partial charge in [0.2, 0.25) is 11.8 Å². The van der Waals surface area contributed by atoms with Crippen LogP contribution in [0.1, 0.15) is 40.5 Å². The molecule has 0 fully saturated rings. The summed E-state index contributed by atoms with van der Waals surface area (Å²) < 4.78 is 0. The molecule has 0 saturated heterocycles. The van der Waals surface area contributed by atoms with Crippen molar-refractivity contribution in [3.05, 3.63) is 0 Å². The zero-order chi connectivity index (χ0) is 14.2. The maximum atomic E-state index is 12.0. The first kappa shape index (κ1) is 16.4. The predicted octanol–water partition coefficient (Wildman–Crippen LogP) is 1.30. The third-order valence-corrected chi connectivity index (χ3v) is 3.37. The smallest absolute Gasteiger partial charge is 0.241 e. The highest BCUT2D eigenvalue weighted by molar-refractivity contribution is 5.89. The van der Waals surface area contributed by atoms with Gasteiger partial charge in [0.15, 0.2) is 0 Å². The van der Waals surface area contributed by atoms with E-state index >= 15 is 0 Å². The summed E-state index contributed by atoms with van der Waals surface area (Å²) in [4.78, 5) is 25.3. The Bertz CT molecular complexity index is 326. The second-order valence-electron chi connectivity index (χ2n) is 4.15. The van der Waals surface area contributed by atoms with Crippen LogP contribution < -0.4 is 5.32 Å². The van der Waals surface area contributed by atoms with Crippen molar-refractivity contribution in [3.63, 3.8) is 0 Å². The number of nitrogens with zero attached hydrogens (tertiary/aromatic N) is 2. The zero-order valence-electron chi connectivity index (χ0n) is 11.7. The summed E-state index contributed by atoms with van der Waals surface area (Å²) in [6, 6.07) is 2.06. The van der Waals surface area contributed by atoms with Crippen LogP contribution in [0.2, 0.25) is 0 Å². The van der Waals surface area contributed by atoms with Crippen molar-refractivity contribution >= 4 is 11.8 Å². The molecule has 0 rings (SSSR count). The number of hydrogen-bond acceptors (Lipinski definition) is 3. The highest BCUT2D eigenvalue weighted by Crippen LogP contribution is 2.25. The first-order chi connectivity index (χ1) is 8.51. The number of hydrogen-bond donors (Lipinski definition) is 1. The number of nitriles is 1. The lowest BCUT2D eigenvalue weighted by molar-refractivity contribution is -0.135. The van der Waals surface area contributed by atoms with E-state index in [0.717, 1.165) is 0 Å². The first-order valence-corrected chi connectivity index (χ1v) is 6.48. The summed E-state index contributed by atoms with van der Waals surface area (Å²) in [7, 11) is 0. The lowest BCUT2D eigenvalue weighted by Gasteiger charge is -2.23. The SMILES string of the molecule is CCN(CC)C(=O)CNC(=O)C(C#N)(CC)CC. The Kier molecular flexibility index (Phi) is 7.03. The molecule has 5 nitrogen and oxygen atoms in total. The van der Waals surface area contributed by atoms with Gasteiger partial charge in [-0.2, -0.15) is 5.26 Å². The van der Waals surface area contributed by atoms with Gasteiger partial charge in [-0.25, -0.2) is 0 Å². The quantitative estimate of drug-likeness (QED) is 0.743. The van der Waals surface area contributed by atoms with E-state index in [-0.39, 0.29) is 18.4 Å². The number of carbonyl (C=O) groups excluding carboxylic acids is 2. The van der Waals surface area contributed by atoms with Gasteiger partial charge in [-0.15, -0.1) is 0 Å². The van der Waals surface area contributed by atoms with Gasteiger partial charge in [-0.1, -0.05) is 13.8 Å². The Morgan fingerprint density at radius 3 is 2.00 bits per heavy atom. The summed E-state index contributed by atoms with van der Waals surface area (Å²) in [5, 5.41) is 11.7. The summed E-state index contributed by atoms with van der Waals surface area (Å²) in [5.41, 5.74) is -1.01. The monoisotopic (exact) mass is 253 g/mol. The molecule has 0 aliphatic rings. The van der Waals surface area contributed by atoms with Gasteiger partial charge < -0.3 is 10.2 Å². The third-order valence-electron chi connectivity index (χ3n) is 3.37. The molecule has 0 aromatic rings. The maximum Gasteiger partial charge on any atom is 0.241 e. The topological polar surface area (TPSA) is 73.2 Å². The molecule has 0 atom stereocenters. The number of likely N-dealkylation sites (N-methyl/N-ethyl adjacent to an activating group) is 1. The number of rotatable bonds is 7. The minimum absolute atomic E-state index is 0.0378. The Morgan fingerprint density at radius 1 is 1.17 bits per heavy atom. The predicted molar refractivity (Wildman–Crippen MR) is 69.6 cm³/mol. The van der Waals surface area contributed by atoms with E-state index in [0.29, 0.717) is 25.9 Å². The minimum atomic E-state index is -1.01. The van der Waals surface area contributed by atoms with Crippen molar-refractivity contribution in [2.24, 2.45) is 5.41 Å². The van der Waals surface area contributed by atoms with Gasteiger partial charge in [-0.3, -0.25) is 9.59 Å². The van der Waals surface area contributed by atoms with E-state index < -0.39 is 5.41 Å². The molecule has 18 heavy (non-hydrogen) atoms. The number of carbonyl (C=O) groups is 2. The summed E-state index contributed by atoms with van der Waals surface area (Å²) in [6.45, 7) is 8.59. The van der Waals surface area contributed by atoms with Crippen molar-refractivity contribution in [2.75, 3.05) is 19.6 Å². The summed E-state index contributed by atoms with van der Waals surface area (Å²) in [6.07, 6.45) is 0.899. The van der Waals surface area contributed by atoms with E-state index in [1.165, 1.54) is 0 Å². The largest absolute Gasteiger partial charge is 0.346 e. The molecule has 0 heterocycles. The Morgan fingerprint density at radius 2 is 1.67 bits per heavy atom. The van der Waals surface area contributed by atoms with E-state index in [9.17, 15) is 9.59 Å². The van der Waals surface area contributed by atoms with Crippen LogP contribution in [-0.4, -0.2) is 36.3 Å². The van der Waals surface area contributed by atoms with Crippen LogP contribution in [0.15, 0.2) is 0 Å². The van der Waals surface area contributed by atoms with Gasteiger partial charge in [0.25, 0.3) is 0 Å². The molecule has 0 unspecified atom stereocenters. The molecule has 0 saturated carbocycles. The van der Waals surface area contributed by atoms with Crippen LogP contribution in [0, 0.1) is 16.7 Å². The Balaban J connectivity index is 4.51. The average molecular weight is 253 g/mol. The molecule has 0 aromatic heterocycles. The molecule has 1 N–H and O–H groups in total. The zero-order valence-corrected chi connectivity index (χ0v) is 11.7. The van der Waals surface area contributed by atoms with E-state index in [2.05, 4.69) is 11.4 Å². The minimum Gasteiger partial charge on any atom is -0.346 e. The van der Waals surface area contributed by atoms with Gasteiger partial charge >= 0.3 is 0 Å². The van der Waals surface area contributed by atoms with Crippen LogP contribution in [0.5, 0.6) is 0 Å². The van der Waals surface area contributed by atoms with Gasteiger partial charge in [0, 0.05) is 13.1 Å². The maximum absolute atomic E-state index is 12.0. The second-order valence-corrected chi connectivity index (χ2v) is 4.15. The fraction of sp³-hybridized carbons (Fsp3) is 0.769. The molecule has 0 aliphatic heterocycles. The molecule has 102 valence electrons. The number of amides is 2.